The van der Waals surface area contributed by atoms with Crippen LogP contribution in [0.2, 0.25) is 0 Å². The molecule has 2 rings (SSSR count). The number of carbonyl (C=O) groups excluding carboxylic acids is 2. The van der Waals surface area contributed by atoms with Gasteiger partial charge in [-0.3, -0.25) is 9.69 Å². The summed E-state index contributed by atoms with van der Waals surface area (Å²) < 4.78 is 0. The molecular weight excluding hydrogens is 352 g/mol. The highest BCUT2D eigenvalue weighted by atomic mass is 16.2. The highest BCUT2D eigenvalue weighted by Crippen LogP contribution is 2.19. The second-order valence-corrected chi connectivity index (χ2v) is 6.58. The third-order valence-electron chi connectivity index (χ3n) is 4.68. The number of rotatable bonds is 9. The van der Waals surface area contributed by atoms with E-state index in [1.54, 1.807) is 19.1 Å². The van der Waals surface area contributed by atoms with Gasteiger partial charge in [-0.15, -0.1) is 0 Å². The average molecular weight is 383 g/mol. The van der Waals surface area contributed by atoms with Gasteiger partial charge in [0.1, 0.15) is 6.04 Å². The zero-order valence-electron chi connectivity index (χ0n) is 16.8. The van der Waals surface area contributed by atoms with Crippen LogP contribution in [0.4, 0.5) is 10.5 Å². The Balaban J connectivity index is 1.91. The summed E-state index contributed by atoms with van der Waals surface area (Å²) in [7, 11) is 0. The summed E-state index contributed by atoms with van der Waals surface area (Å²) in [6, 6.07) is 18.3. The van der Waals surface area contributed by atoms with Crippen molar-refractivity contribution in [3.63, 3.8) is 0 Å². The van der Waals surface area contributed by atoms with Crippen molar-refractivity contribution in [3.05, 3.63) is 66.2 Å². The number of para-hydroxylation sites is 1. The minimum atomic E-state index is -0.642. The van der Waals surface area contributed by atoms with E-state index >= 15 is 0 Å². The lowest BCUT2D eigenvalue weighted by Crippen LogP contribution is -2.48. The van der Waals surface area contributed by atoms with Crippen LogP contribution in [0.1, 0.15) is 32.4 Å². The van der Waals surface area contributed by atoms with Crippen molar-refractivity contribution in [1.29, 1.82) is 0 Å². The lowest BCUT2D eigenvalue weighted by atomic mass is 10.0. The molecule has 0 aromatic heterocycles. The van der Waals surface area contributed by atoms with Crippen molar-refractivity contribution in [1.82, 2.24) is 15.5 Å². The Kier molecular flexibility index (Phi) is 8.49. The molecule has 2 aromatic carbocycles. The van der Waals surface area contributed by atoms with Crippen LogP contribution in [0, 0.1) is 0 Å². The Bertz CT molecular complexity index is 733. The molecule has 2 atom stereocenters. The Morgan fingerprint density at radius 2 is 1.50 bits per heavy atom. The van der Waals surface area contributed by atoms with Crippen LogP contribution in [0.5, 0.6) is 0 Å². The smallest absolute Gasteiger partial charge is 0.319 e. The Labute approximate surface area is 167 Å². The van der Waals surface area contributed by atoms with Gasteiger partial charge in [-0.2, -0.15) is 0 Å². The molecule has 0 unspecified atom stereocenters. The van der Waals surface area contributed by atoms with Gasteiger partial charge in [0.25, 0.3) is 0 Å². The molecule has 0 saturated carbocycles. The summed E-state index contributed by atoms with van der Waals surface area (Å²) >= 11 is 0. The largest absolute Gasteiger partial charge is 0.352 e. The maximum absolute atomic E-state index is 12.5. The third-order valence-corrected chi connectivity index (χ3v) is 4.68. The van der Waals surface area contributed by atoms with Crippen LogP contribution in [0.15, 0.2) is 60.7 Å². The summed E-state index contributed by atoms with van der Waals surface area (Å²) in [5.74, 6) is -0.212. The van der Waals surface area contributed by atoms with Gasteiger partial charge in [0.2, 0.25) is 5.91 Å². The van der Waals surface area contributed by atoms with Crippen LogP contribution < -0.4 is 16.0 Å². The van der Waals surface area contributed by atoms with Gasteiger partial charge in [0.15, 0.2) is 0 Å². The topological polar surface area (TPSA) is 73.5 Å². The van der Waals surface area contributed by atoms with Gasteiger partial charge in [-0.25, -0.2) is 4.79 Å². The van der Waals surface area contributed by atoms with Gasteiger partial charge < -0.3 is 16.0 Å². The molecule has 150 valence electrons. The molecule has 0 fully saturated rings. The second-order valence-electron chi connectivity index (χ2n) is 6.58. The molecule has 6 nitrogen and oxygen atoms in total. The Morgan fingerprint density at radius 3 is 2.07 bits per heavy atom. The number of hydrogen-bond donors (Lipinski definition) is 3. The molecule has 6 heteroatoms. The summed E-state index contributed by atoms with van der Waals surface area (Å²) in [5, 5.41) is 8.37. The monoisotopic (exact) mass is 382 g/mol. The number of hydrogen-bond acceptors (Lipinski definition) is 3. The van der Waals surface area contributed by atoms with E-state index in [-0.39, 0.29) is 11.9 Å². The van der Waals surface area contributed by atoms with Gasteiger partial charge in [-0.1, -0.05) is 62.4 Å². The first-order chi connectivity index (χ1) is 13.5. The summed E-state index contributed by atoms with van der Waals surface area (Å²) in [6.07, 6.45) is 0. The van der Waals surface area contributed by atoms with E-state index in [0.717, 1.165) is 18.7 Å². The Hall–Kier alpha value is -2.86. The minimum absolute atomic E-state index is 0.0884. The number of benzene rings is 2. The molecule has 3 amide bonds. The maximum Gasteiger partial charge on any atom is 0.319 e. The van der Waals surface area contributed by atoms with Crippen LogP contribution in [-0.2, 0) is 4.79 Å². The fourth-order valence-electron chi connectivity index (χ4n) is 3.10. The molecule has 0 heterocycles. The van der Waals surface area contributed by atoms with Crippen LogP contribution >= 0.6 is 0 Å². The van der Waals surface area contributed by atoms with E-state index in [9.17, 15) is 9.59 Å². The predicted octanol–water partition coefficient (Wildman–Crippen LogP) is 3.40. The van der Waals surface area contributed by atoms with Crippen molar-refractivity contribution in [2.45, 2.75) is 32.9 Å². The molecular formula is C22H30N4O2. The molecule has 28 heavy (non-hydrogen) atoms. The lowest BCUT2D eigenvalue weighted by Gasteiger charge is -2.30. The van der Waals surface area contributed by atoms with Crippen LogP contribution in [-0.4, -0.2) is 42.5 Å². The first-order valence-corrected chi connectivity index (χ1v) is 9.74. The highest BCUT2D eigenvalue weighted by molar-refractivity contribution is 5.93. The number of anilines is 1. The summed E-state index contributed by atoms with van der Waals surface area (Å²) in [4.78, 5) is 26.9. The van der Waals surface area contributed by atoms with Gasteiger partial charge in [-0.05, 0) is 37.7 Å². The minimum Gasteiger partial charge on any atom is -0.352 e. The molecule has 0 radical (unpaired) electrons. The van der Waals surface area contributed by atoms with Gasteiger partial charge in [0.05, 0.1) is 6.04 Å². The van der Waals surface area contributed by atoms with Gasteiger partial charge in [0, 0.05) is 12.2 Å². The van der Waals surface area contributed by atoms with E-state index in [1.165, 1.54) is 0 Å². The van der Waals surface area contributed by atoms with Crippen molar-refractivity contribution in [3.8, 4) is 0 Å². The number of nitrogens with one attached hydrogen (secondary N) is 3. The lowest BCUT2D eigenvalue weighted by molar-refractivity contribution is -0.122. The van der Waals surface area contributed by atoms with Crippen LogP contribution in [0.25, 0.3) is 0 Å². The van der Waals surface area contributed by atoms with Crippen molar-refractivity contribution >= 4 is 17.6 Å². The van der Waals surface area contributed by atoms with E-state index in [0.29, 0.717) is 12.2 Å². The van der Waals surface area contributed by atoms with Crippen molar-refractivity contribution < 1.29 is 9.59 Å². The quantitative estimate of drug-likeness (QED) is 0.622. The maximum atomic E-state index is 12.5. The molecule has 2 aromatic rings. The standard InChI is InChI=1S/C22H30N4O2/c1-4-26(5-2)20(18-12-8-6-9-13-18)16-23-21(27)17(3)24-22(28)25-19-14-10-7-11-15-19/h6-15,17,20H,4-5,16H2,1-3H3,(H,23,27)(H2,24,25,28)/t17-,20-/m1/s1. The molecule has 0 bridgehead atoms. The zero-order valence-corrected chi connectivity index (χ0v) is 16.8. The van der Waals surface area contributed by atoms with E-state index in [4.69, 9.17) is 0 Å². The molecule has 3 N–H and O–H groups in total. The number of likely N-dealkylation sites (N-methyl/N-ethyl adjacent to an activating group) is 1. The molecule has 0 saturated heterocycles. The van der Waals surface area contributed by atoms with E-state index in [1.807, 2.05) is 36.4 Å². The summed E-state index contributed by atoms with van der Waals surface area (Å²) in [6.45, 7) is 8.16. The summed E-state index contributed by atoms with van der Waals surface area (Å²) in [5.41, 5.74) is 1.84. The number of nitrogens with zero attached hydrogens (tertiary/aromatic N) is 1. The first kappa shape index (κ1) is 21.4. The van der Waals surface area contributed by atoms with Crippen LogP contribution in [0.3, 0.4) is 0 Å². The molecule has 0 aliphatic carbocycles. The van der Waals surface area contributed by atoms with E-state index in [2.05, 4.69) is 46.8 Å². The Morgan fingerprint density at radius 1 is 0.929 bits per heavy atom. The first-order valence-electron chi connectivity index (χ1n) is 9.74. The average Bonchev–Trinajstić information content (AvgIpc) is 2.72. The second kappa shape index (κ2) is 11.1. The fourth-order valence-corrected chi connectivity index (χ4v) is 3.10. The molecule has 0 aliphatic rings. The molecule has 0 spiro atoms. The highest BCUT2D eigenvalue weighted by Gasteiger charge is 2.21. The number of carbonyl (C=O) groups is 2. The predicted molar refractivity (Wildman–Crippen MR) is 113 cm³/mol. The van der Waals surface area contributed by atoms with Crippen molar-refractivity contribution in [2.24, 2.45) is 0 Å². The normalized spacial score (nSPS) is 12.9. The fraction of sp³-hybridized carbons (Fsp3) is 0.364. The SMILES string of the molecule is CCN(CC)[C@H](CNC(=O)[C@@H](C)NC(=O)Nc1ccccc1)c1ccccc1. The molecule has 0 aliphatic heterocycles. The number of urea groups is 1. The van der Waals surface area contributed by atoms with Gasteiger partial charge >= 0.3 is 6.03 Å². The number of amides is 3. The van der Waals surface area contributed by atoms with E-state index < -0.39 is 12.1 Å². The van der Waals surface area contributed by atoms with Crippen molar-refractivity contribution in [2.75, 3.05) is 25.0 Å². The third kappa shape index (κ3) is 6.39. The zero-order chi connectivity index (χ0) is 20.4.